The summed E-state index contributed by atoms with van der Waals surface area (Å²) >= 11 is 0. The zero-order valence-corrected chi connectivity index (χ0v) is 18.1. The van der Waals surface area contributed by atoms with Crippen LogP contribution in [-0.2, 0) is 16.4 Å². The summed E-state index contributed by atoms with van der Waals surface area (Å²) in [5, 5.41) is 14.8. The Bertz CT molecular complexity index is 974. The minimum Gasteiger partial charge on any atom is -0.377 e. The van der Waals surface area contributed by atoms with Crippen LogP contribution in [0.4, 0.5) is 17.1 Å². The first kappa shape index (κ1) is 22.0. The Morgan fingerprint density at radius 2 is 1.77 bits per heavy atom. The number of sulfonamides is 1. The van der Waals surface area contributed by atoms with E-state index in [4.69, 9.17) is 0 Å². The number of nitrogens with one attached hydrogen (secondary N) is 1. The molecular formula is C21H28N4O4S. The van der Waals surface area contributed by atoms with Gasteiger partial charge >= 0.3 is 0 Å². The van der Waals surface area contributed by atoms with E-state index >= 15 is 0 Å². The topological polar surface area (TPSA) is 95.8 Å². The number of rotatable bonds is 8. The number of aryl methyl sites for hydroxylation is 1. The van der Waals surface area contributed by atoms with E-state index in [1.54, 1.807) is 12.1 Å². The molecule has 0 aromatic heterocycles. The van der Waals surface area contributed by atoms with Crippen LogP contribution in [-0.4, -0.2) is 56.1 Å². The minimum atomic E-state index is -3.20. The smallest absolute Gasteiger partial charge is 0.292 e. The van der Waals surface area contributed by atoms with Gasteiger partial charge in [-0.25, -0.2) is 8.42 Å². The van der Waals surface area contributed by atoms with Crippen molar-refractivity contribution in [3.8, 4) is 0 Å². The molecule has 0 bridgehead atoms. The first-order chi connectivity index (χ1) is 14.2. The van der Waals surface area contributed by atoms with E-state index in [-0.39, 0.29) is 16.7 Å². The van der Waals surface area contributed by atoms with Gasteiger partial charge in [0.25, 0.3) is 5.69 Å². The van der Waals surface area contributed by atoms with Gasteiger partial charge in [0.15, 0.2) is 0 Å². The number of anilines is 2. The molecule has 1 unspecified atom stereocenters. The molecule has 1 aliphatic heterocycles. The Balaban J connectivity index is 1.69. The molecule has 162 valence electrons. The molecule has 1 fully saturated rings. The molecule has 0 saturated carbocycles. The number of nitro groups is 1. The maximum atomic E-state index is 11.7. The van der Waals surface area contributed by atoms with Gasteiger partial charge in [0, 0.05) is 44.0 Å². The molecule has 0 amide bonds. The van der Waals surface area contributed by atoms with E-state index in [0.717, 1.165) is 18.5 Å². The second-order valence-corrected chi connectivity index (χ2v) is 9.66. The molecule has 8 nitrogen and oxygen atoms in total. The number of benzene rings is 2. The molecule has 2 aromatic carbocycles. The molecule has 1 aliphatic rings. The fraction of sp³-hybridized carbons (Fsp3) is 0.429. The predicted octanol–water partition coefficient (Wildman–Crippen LogP) is 3.11. The van der Waals surface area contributed by atoms with Crippen LogP contribution in [0.2, 0.25) is 0 Å². The lowest BCUT2D eigenvalue weighted by atomic mass is 10.1. The van der Waals surface area contributed by atoms with Crippen molar-refractivity contribution >= 4 is 27.1 Å². The molecule has 0 spiro atoms. The first-order valence-corrected chi connectivity index (χ1v) is 11.9. The van der Waals surface area contributed by atoms with Crippen LogP contribution in [0.15, 0.2) is 48.5 Å². The van der Waals surface area contributed by atoms with Gasteiger partial charge in [-0.05, 0) is 37.5 Å². The van der Waals surface area contributed by atoms with Crippen LogP contribution < -0.4 is 10.2 Å². The van der Waals surface area contributed by atoms with Gasteiger partial charge in [0.1, 0.15) is 5.69 Å². The number of hydrogen-bond donors (Lipinski definition) is 1. The summed E-state index contributed by atoms with van der Waals surface area (Å²) in [7, 11) is -3.20. The van der Waals surface area contributed by atoms with Crippen molar-refractivity contribution < 1.29 is 13.3 Å². The highest BCUT2D eigenvalue weighted by Gasteiger charge is 2.25. The van der Waals surface area contributed by atoms with Gasteiger partial charge in [0.2, 0.25) is 10.0 Å². The number of piperazine rings is 1. The van der Waals surface area contributed by atoms with Gasteiger partial charge in [-0.15, -0.1) is 0 Å². The monoisotopic (exact) mass is 432 g/mol. The van der Waals surface area contributed by atoms with Crippen LogP contribution in [0.3, 0.4) is 0 Å². The van der Waals surface area contributed by atoms with Crippen molar-refractivity contribution in [2.45, 2.75) is 25.8 Å². The van der Waals surface area contributed by atoms with Crippen LogP contribution in [0.5, 0.6) is 0 Å². The third-order valence-electron chi connectivity index (χ3n) is 5.36. The molecule has 0 aliphatic carbocycles. The Hall–Kier alpha value is -2.65. The molecule has 1 atom stereocenters. The van der Waals surface area contributed by atoms with E-state index < -0.39 is 10.0 Å². The fourth-order valence-electron chi connectivity index (χ4n) is 3.64. The van der Waals surface area contributed by atoms with Crippen molar-refractivity contribution in [3.05, 3.63) is 64.2 Å². The van der Waals surface area contributed by atoms with E-state index in [2.05, 4.69) is 22.3 Å². The third-order valence-corrected chi connectivity index (χ3v) is 6.66. The SMILES string of the molecule is CC(CCc1ccccc1)Nc1cc(N2CCN(S(C)(=O)=O)CC2)ccc1[N+](=O)[O-]. The molecule has 1 saturated heterocycles. The van der Waals surface area contributed by atoms with Crippen LogP contribution in [0.1, 0.15) is 18.9 Å². The summed E-state index contributed by atoms with van der Waals surface area (Å²) in [4.78, 5) is 13.2. The summed E-state index contributed by atoms with van der Waals surface area (Å²) in [6.07, 6.45) is 2.95. The highest BCUT2D eigenvalue weighted by atomic mass is 32.2. The van der Waals surface area contributed by atoms with E-state index in [1.165, 1.54) is 22.2 Å². The number of hydrogen-bond acceptors (Lipinski definition) is 6. The lowest BCUT2D eigenvalue weighted by molar-refractivity contribution is -0.384. The second-order valence-electron chi connectivity index (χ2n) is 7.68. The molecule has 9 heteroatoms. The zero-order chi connectivity index (χ0) is 21.7. The minimum absolute atomic E-state index is 0.0417. The van der Waals surface area contributed by atoms with Crippen LogP contribution in [0, 0.1) is 10.1 Å². The Morgan fingerprint density at radius 3 is 2.37 bits per heavy atom. The van der Waals surface area contributed by atoms with E-state index in [9.17, 15) is 18.5 Å². The summed E-state index contributed by atoms with van der Waals surface area (Å²) < 4.78 is 24.9. The number of nitrogens with zero attached hydrogens (tertiary/aromatic N) is 3. The van der Waals surface area contributed by atoms with Gasteiger partial charge in [-0.1, -0.05) is 30.3 Å². The van der Waals surface area contributed by atoms with E-state index in [1.807, 2.05) is 25.1 Å². The second kappa shape index (κ2) is 9.44. The van der Waals surface area contributed by atoms with Gasteiger partial charge in [-0.3, -0.25) is 10.1 Å². The summed E-state index contributed by atoms with van der Waals surface area (Å²) in [5.74, 6) is 0. The van der Waals surface area contributed by atoms with Crippen molar-refractivity contribution in [2.75, 3.05) is 42.7 Å². The van der Waals surface area contributed by atoms with Crippen molar-refractivity contribution in [3.63, 3.8) is 0 Å². The lowest BCUT2D eigenvalue weighted by Crippen LogP contribution is -2.48. The molecule has 2 aromatic rings. The van der Waals surface area contributed by atoms with Gasteiger partial charge in [-0.2, -0.15) is 4.31 Å². The maximum absolute atomic E-state index is 11.7. The third kappa shape index (κ3) is 5.70. The van der Waals surface area contributed by atoms with Crippen molar-refractivity contribution in [1.29, 1.82) is 0 Å². The molecular weight excluding hydrogens is 404 g/mol. The normalized spacial score (nSPS) is 16.3. The highest BCUT2D eigenvalue weighted by molar-refractivity contribution is 7.88. The van der Waals surface area contributed by atoms with Crippen LogP contribution >= 0.6 is 0 Å². The van der Waals surface area contributed by atoms with Crippen molar-refractivity contribution in [2.24, 2.45) is 0 Å². The quantitative estimate of drug-likeness (QED) is 0.509. The molecule has 1 N–H and O–H groups in total. The van der Waals surface area contributed by atoms with Gasteiger partial charge < -0.3 is 10.2 Å². The summed E-state index contributed by atoms with van der Waals surface area (Å²) in [6.45, 7) is 3.93. The maximum Gasteiger partial charge on any atom is 0.292 e. The molecule has 3 rings (SSSR count). The standard InChI is InChI=1S/C21H28N4O4S/c1-17(8-9-18-6-4-3-5-7-18)22-20-16-19(10-11-21(20)25(26)27)23-12-14-24(15-13-23)30(2,28)29/h3-7,10-11,16-17,22H,8-9,12-15H2,1-2H3. The Morgan fingerprint density at radius 1 is 1.10 bits per heavy atom. The number of nitro benzene ring substituents is 1. The van der Waals surface area contributed by atoms with Crippen LogP contribution in [0.25, 0.3) is 0 Å². The first-order valence-electron chi connectivity index (χ1n) is 10.0. The van der Waals surface area contributed by atoms with Gasteiger partial charge in [0.05, 0.1) is 11.2 Å². The Labute approximate surface area is 177 Å². The summed E-state index contributed by atoms with van der Waals surface area (Å²) in [5.41, 5.74) is 2.62. The highest BCUT2D eigenvalue weighted by Crippen LogP contribution is 2.31. The summed E-state index contributed by atoms with van der Waals surface area (Å²) in [6, 6.07) is 15.2. The largest absolute Gasteiger partial charge is 0.377 e. The zero-order valence-electron chi connectivity index (χ0n) is 17.3. The van der Waals surface area contributed by atoms with E-state index in [0.29, 0.717) is 31.9 Å². The lowest BCUT2D eigenvalue weighted by Gasteiger charge is -2.35. The van der Waals surface area contributed by atoms with Crippen molar-refractivity contribution in [1.82, 2.24) is 4.31 Å². The molecule has 0 radical (unpaired) electrons. The predicted molar refractivity (Wildman–Crippen MR) is 120 cm³/mol. The molecule has 30 heavy (non-hydrogen) atoms. The average Bonchev–Trinajstić information content (AvgIpc) is 2.72. The average molecular weight is 433 g/mol. The fourth-order valence-corrected chi connectivity index (χ4v) is 4.47. The Kier molecular flexibility index (Phi) is 6.94. The molecule has 1 heterocycles.